The largest absolute Gasteiger partial charge is 0.466 e. The molecule has 0 heterocycles. The summed E-state index contributed by atoms with van der Waals surface area (Å²) in [6.45, 7) is 5.04. The maximum absolute atomic E-state index is 12.4. The molecule has 4 nitrogen and oxygen atoms in total. The first kappa shape index (κ1) is 19.0. The number of unbranched alkanes of at least 4 members (excludes halogenated alkanes) is 2. The van der Waals surface area contributed by atoms with Crippen LogP contribution in [0.3, 0.4) is 0 Å². The third-order valence-corrected chi connectivity index (χ3v) is 4.41. The monoisotopic (exact) mass is 312 g/mol. The molecule has 0 amide bonds. The molecular formula is C18H32O4. The second-order valence-corrected chi connectivity index (χ2v) is 6.30. The second-order valence-electron chi connectivity index (χ2n) is 6.30. The van der Waals surface area contributed by atoms with Gasteiger partial charge in [0.2, 0.25) is 0 Å². The molecule has 0 spiro atoms. The van der Waals surface area contributed by atoms with Gasteiger partial charge in [-0.1, -0.05) is 46.0 Å². The van der Waals surface area contributed by atoms with E-state index < -0.39 is 0 Å². The molecule has 22 heavy (non-hydrogen) atoms. The van der Waals surface area contributed by atoms with Gasteiger partial charge in [-0.05, 0) is 31.6 Å². The van der Waals surface area contributed by atoms with Gasteiger partial charge in [-0.2, -0.15) is 0 Å². The fourth-order valence-electron chi connectivity index (χ4n) is 2.97. The van der Waals surface area contributed by atoms with Crippen molar-refractivity contribution in [3.8, 4) is 0 Å². The van der Waals surface area contributed by atoms with Crippen LogP contribution in [0.1, 0.15) is 78.1 Å². The molecule has 0 aromatic carbocycles. The first-order valence-electron chi connectivity index (χ1n) is 9.01. The van der Waals surface area contributed by atoms with E-state index in [1.165, 1.54) is 6.42 Å². The third kappa shape index (κ3) is 7.28. The van der Waals surface area contributed by atoms with Gasteiger partial charge in [0.15, 0.2) is 0 Å². The van der Waals surface area contributed by atoms with Crippen LogP contribution in [-0.2, 0) is 19.1 Å². The van der Waals surface area contributed by atoms with Crippen LogP contribution in [0, 0.1) is 11.8 Å². The van der Waals surface area contributed by atoms with Gasteiger partial charge >= 0.3 is 11.9 Å². The second kappa shape index (κ2) is 11.5. The predicted octanol–water partition coefficient (Wildman–Crippen LogP) is 4.26. The molecule has 1 unspecified atom stereocenters. The number of hydrogen-bond donors (Lipinski definition) is 0. The summed E-state index contributed by atoms with van der Waals surface area (Å²) in [7, 11) is 0. The highest BCUT2D eigenvalue weighted by molar-refractivity contribution is 5.80. The van der Waals surface area contributed by atoms with Crippen molar-refractivity contribution < 1.29 is 19.1 Å². The quantitative estimate of drug-likeness (QED) is 0.447. The molecule has 0 radical (unpaired) electrons. The highest BCUT2D eigenvalue weighted by Gasteiger charge is 2.33. The van der Waals surface area contributed by atoms with Crippen molar-refractivity contribution >= 4 is 11.9 Å². The molecule has 0 bridgehead atoms. The molecule has 128 valence electrons. The molecule has 1 aliphatic carbocycles. The normalized spacial score (nSPS) is 17.0. The molecule has 1 atom stereocenters. The number of rotatable bonds is 10. The molecule has 0 aromatic rings. The van der Waals surface area contributed by atoms with Gasteiger partial charge < -0.3 is 9.47 Å². The fourth-order valence-corrected chi connectivity index (χ4v) is 2.97. The summed E-state index contributed by atoms with van der Waals surface area (Å²) in [4.78, 5) is 24.3. The first-order chi connectivity index (χ1) is 10.7. The molecule has 1 saturated carbocycles. The third-order valence-electron chi connectivity index (χ3n) is 4.41. The van der Waals surface area contributed by atoms with Crippen LogP contribution < -0.4 is 0 Å². The molecule has 1 aliphatic rings. The van der Waals surface area contributed by atoms with Crippen molar-refractivity contribution in [1.82, 2.24) is 0 Å². The number of carbonyl (C=O) groups is 2. The molecular weight excluding hydrogens is 280 g/mol. The molecule has 0 aromatic heterocycles. The molecule has 0 N–H and O–H groups in total. The average molecular weight is 312 g/mol. The van der Waals surface area contributed by atoms with Crippen LogP contribution in [0.2, 0.25) is 0 Å². The Morgan fingerprint density at radius 2 is 1.55 bits per heavy atom. The van der Waals surface area contributed by atoms with Gasteiger partial charge in [-0.25, -0.2) is 0 Å². The van der Waals surface area contributed by atoms with Crippen molar-refractivity contribution in [3.05, 3.63) is 0 Å². The summed E-state index contributed by atoms with van der Waals surface area (Å²) in [6, 6.07) is 0. The summed E-state index contributed by atoms with van der Waals surface area (Å²) < 4.78 is 10.6. The minimum absolute atomic E-state index is 0.180. The highest BCUT2D eigenvalue weighted by Crippen LogP contribution is 2.33. The molecule has 0 saturated heterocycles. The van der Waals surface area contributed by atoms with Crippen LogP contribution in [0.15, 0.2) is 0 Å². The van der Waals surface area contributed by atoms with E-state index in [0.717, 1.165) is 51.4 Å². The van der Waals surface area contributed by atoms with Crippen LogP contribution in [0.4, 0.5) is 0 Å². The standard InChI is InChI=1S/C18H32O4/c1-3-5-12-21-17(19)14-16(15-10-8-7-9-11-15)18(20)22-13-6-4-2/h15-16H,3-14H2,1-2H3. The van der Waals surface area contributed by atoms with Crippen LogP contribution in [-0.4, -0.2) is 25.2 Å². The van der Waals surface area contributed by atoms with Gasteiger partial charge in [0.1, 0.15) is 0 Å². The maximum Gasteiger partial charge on any atom is 0.309 e. The predicted molar refractivity (Wildman–Crippen MR) is 86.4 cm³/mol. The van der Waals surface area contributed by atoms with E-state index in [0.29, 0.717) is 13.2 Å². The van der Waals surface area contributed by atoms with Crippen molar-refractivity contribution in [2.75, 3.05) is 13.2 Å². The molecule has 1 rings (SSSR count). The molecule has 0 aliphatic heterocycles. The van der Waals surface area contributed by atoms with E-state index in [4.69, 9.17) is 9.47 Å². The van der Waals surface area contributed by atoms with Crippen molar-refractivity contribution in [1.29, 1.82) is 0 Å². The van der Waals surface area contributed by atoms with E-state index >= 15 is 0 Å². The number of carbonyl (C=O) groups excluding carboxylic acids is 2. The lowest BCUT2D eigenvalue weighted by molar-refractivity contribution is -0.158. The number of esters is 2. The zero-order valence-corrected chi connectivity index (χ0v) is 14.3. The molecule has 4 heteroatoms. The highest BCUT2D eigenvalue weighted by atomic mass is 16.5. The summed E-state index contributed by atoms with van der Waals surface area (Å²) >= 11 is 0. The minimum Gasteiger partial charge on any atom is -0.466 e. The lowest BCUT2D eigenvalue weighted by atomic mass is 9.78. The number of ether oxygens (including phenoxy) is 2. The summed E-state index contributed by atoms with van der Waals surface area (Å²) in [5.41, 5.74) is 0. The zero-order valence-electron chi connectivity index (χ0n) is 14.3. The van der Waals surface area contributed by atoms with Crippen LogP contribution in [0.25, 0.3) is 0 Å². The van der Waals surface area contributed by atoms with Gasteiger partial charge in [0.25, 0.3) is 0 Å². The van der Waals surface area contributed by atoms with Crippen molar-refractivity contribution in [3.63, 3.8) is 0 Å². The van der Waals surface area contributed by atoms with Gasteiger partial charge in [0, 0.05) is 0 Å². The Hall–Kier alpha value is -1.06. The lowest BCUT2D eigenvalue weighted by Crippen LogP contribution is -2.30. The Bertz CT molecular complexity index is 321. The summed E-state index contributed by atoms with van der Waals surface area (Å²) in [5, 5.41) is 0. The Kier molecular flexibility index (Phi) is 9.93. The molecule has 1 fully saturated rings. The fraction of sp³-hybridized carbons (Fsp3) is 0.889. The SMILES string of the molecule is CCCCOC(=O)CC(C(=O)OCCCC)C1CCCCC1. The Morgan fingerprint density at radius 3 is 2.14 bits per heavy atom. The van der Waals surface area contributed by atoms with Crippen LogP contribution >= 0.6 is 0 Å². The van der Waals surface area contributed by atoms with Crippen molar-refractivity contribution in [2.45, 2.75) is 78.1 Å². The van der Waals surface area contributed by atoms with E-state index in [-0.39, 0.29) is 30.2 Å². The van der Waals surface area contributed by atoms with Crippen molar-refractivity contribution in [2.24, 2.45) is 11.8 Å². The minimum atomic E-state index is -0.314. The summed E-state index contributed by atoms with van der Waals surface area (Å²) in [5.74, 6) is -0.489. The average Bonchev–Trinajstić information content (AvgIpc) is 2.54. The van der Waals surface area contributed by atoms with Gasteiger partial charge in [-0.3, -0.25) is 9.59 Å². The Morgan fingerprint density at radius 1 is 0.955 bits per heavy atom. The van der Waals surface area contributed by atoms with E-state index in [1.54, 1.807) is 0 Å². The smallest absolute Gasteiger partial charge is 0.309 e. The van der Waals surface area contributed by atoms with E-state index in [2.05, 4.69) is 13.8 Å². The maximum atomic E-state index is 12.4. The topological polar surface area (TPSA) is 52.6 Å². The van der Waals surface area contributed by atoms with Gasteiger partial charge in [0.05, 0.1) is 25.6 Å². The number of hydrogen-bond acceptors (Lipinski definition) is 4. The van der Waals surface area contributed by atoms with E-state index in [1.807, 2.05) is 0 Å². The van der Waals surface area contributed by atoms with Gasteiger partial charge in [-0.15, -0.1) is 0 Å². The Labute approximate surface area is 134 Å². The van der Waals surface area contributed by atoms with Crippen LogP contribution in [0.5, 0.6) is 0 Å². The summed E-state index contributed by atoms with van der Waals surface area (Å²) in [6.07, 6.45) is 9.51. The lowest BCUT2D eigenvalue weighted by Gasteiger charge is -2.28. The van der Waals surface area contributed by atoms with E-state index in [9.17, 15) is 9.59 Å². The zero-order chi connectivity index (χ0) is 16.2. The Balaban J connectivity index is 2.52. The first-order valence-corrected chi connectivity index (χ1v) is 9.01.